The topological polar surface area (TPSA) is 17.3 Å². The third-order valence-electron chi connectivity index (χ3n) is 3.15. The number of imidazole rings is 1. The summed E-state index contributed by atoms with van der Waals surface area (Å²) in [5, 5.41) is 2.25. The molecule has 2 nitrogen and oxygen atoms in total. The fourth-order valence-corrected chi connectivity index (χ4v) is 3.20. The second-order valence-electron chi connectivity index (χ2n) is 4.40. The fraction of sp³-hybridized carbons (Fsp3) is 0.357. The van der Waals surface area contributed by atoms with Gasteiger partial charge in [-0.25, -0.2) is 4.98 Å². The van der Waals surface area contributed by atoms with Gasteiger partial charge in [-0.05, 0) is 25.0 Å². The number of fused-ring (bicyclic) bond motifs is 3. The molecule has 0 N–H and O–H groups in total. The molecular weight excluding hydrogens is 228 g/mol. The van der Waals surface area contributed by atoms with E-state index in [0.29, 0.717) is 0 Å². The van der Waals surface area contributed by atoms with E-state index in [4.69, 9.17) is 0 Å². The van der Waals surface area contributed by atoms with E-state index in [-0.39, 0.29) is 0 Å². The zero-order valence-corrected chi connectivity index (χ0v) is 10.8. The highest BCUT2D eigenvalue weighted by Crippen LogP contribution is 2.24. The lowest BCUT2D eigenvalue weighted by Crippen LogP contribution is -1.91. The smallest absolute Gasteiger partial charge is 0.194 e. The SMILES string of the molecule is CCCCCc1csc2nc3ccccc3n12. The minimum atomic E-state index is 1.11. The monoisotopic (exact) mass is 244 g/mol. The summed E-state index contributed by atoms with van der Waals surface area (Å²) in [5.41, 5.74) is 3.76. The lowest BCUT2D eigenvalue weighted by atomic mass is 10.2. The summed E-state index contributed by atoms with van der Waals surface area (Å²) in [7, 11) is 0. The molecule has 0 atom stereocenters. The standard InChI is InChI=1S/C14H16N2S/c1-2-3-4-7-11-10-17-14-15-12-8-5-6-9-13(12)16(11)14/h5-6,8-10H,2-4,7H2,1H3. The second kappa shape index (κ2) is 4.49. The number of aromatic nitrogens is 2. The number of unbranched alkanes of at least 4 members (excludes halogenated alkanes) is 2. The minimum Gasteiger partial charge on any atom is -0.287 e. The number of nitrogens with zero attached hydrogens (tertiary/aromatic N) is 2. The van der Waals surface area contributed by atoms with E-state index >= 15 is 0 Å². The van der Waals surface area contributed by atoms with Crippen LogP contribution in [-0.4, -0.2) is 9.38 Å². The predicted octanol–water partition coefficient (Wildman–Crippen LogP) is 4.28. The zero-order valence-electron chi connectivity index (χ0n) is 10.0. The van der Waals surface area contributed by atoms with E-state index in [1.807, 2.05) is 0 Å². The maximum Gasteiger partial charge on any atom is 0.194 e. The average Bonchev–Trinajstić information content (AvgIpc) is 2.89. The largest absolute Gasteiger partial charge is 0.287 e. The van der Waals surface area contributed by atoms with Gasteiger partial charge < -0.3 is 0 Å². The molecule has 0 spiro atoms. The van der Waals surface area contributed by atoms with Crippen molar-refractivity contribution in [1.82, 2.24) is 9.38 Å². The fourth-order valence-electron chi connectivity index (χ4n) is 2.26. The van der Waals surface area contributed by atoms with Gasteiger partial charge >= 0.3 is 0 Å². The summed E-state index contributed by atoms with van der Waals surface area (Å²) in [5.74, 6) is 0. The Morgan fingerprint density at radius 3 is 3.00 bits per heavy atom. The molecule has 0 radical (unpaired) electrons. The molecule has 0 saturated heterocycles. The Bertz CT molecular complexity index is 636. The van der Waals surface area contributed by atoms with Crippen LogP contribution in [0.4, 0.5) is 0 Å². The minimum absolute atomic E-state index is 1.11. The van der Waals surface area contributed by atoms with Crippen LogP contribution in [-0.2, 0) is 6.42 Å². The van der Waals surface area contributed by atoms with Crippen LogP contribution in [0.2, 0.25) is 0 Å². The van der Waals surface area contributed by atoms with Gasteiger partial charge in [-0.2, -0.15) is 0 Å². The van der Waals surface area contributed by atoms with Crippen molar-refractivity contribution in [1.29, 1.82) is 0 Å². The number of hydrogen-bond donors (Lipinski definition) is 0. The van der Waals surface area contributed by atoms with Gasteiger partial charge in [-0.3, -0.25) is 4.40 Å². The van der Waals surface area contributed by atoms with Gasteiger partial charge in [0.15, 0.2) is 4.96 Å². The molecule has 3 rings (SSSR count). The maximum atomic E-state index is 4.65. The number of thiazole rings is 1. The maximum absolute atomic E-state index is 4.65. The van der Waals surface area contributed by atoms with E-state index in [1.165, 1.54) is 30.5 Å². The van der Waals surface area contributed by atoms with Gasteiger partial charge in [0, 0.05) is 11.1 Å². The Kier molecular flexibility index (Phi) is 2.85. The first-order valence-corrected chi connectivity index (χ1v) is 7.11. The van der Waals surface area contributed by atoms with Crippen molar-refractivity contribution in [3.63, 3.8) is 0 Å². The number of benzene rings is 1. The molecule has 0 unspecified atom stereocenters. The summed E-state index contributed by atoms with van der Waals surface area (Å²) < 4.78 is 2.32. The van der Waals surface area contributed by atoms with E-state index in [1.54, 1.807) is 11.3 Å². The highest BCUT2D eigenvalue weighted by atomic mass is 32.1. The molecule has 88 valence electrons. The molecule has 3 aromatic rings. The number of aryl methyl sites for hydroxylation is 1. The van der Waals surface area contributed by atoms with Crippen LogP contribution in [0.1, 0.15) is 31.9 Å². The molecule has 2 heterocycles. The highest BCUT2D eigenvalue weighted by molar-refractivity contribution is 7.15. The van der Waals surface area contributed by atoms with E-state index in [0.717, 1.165) is 16.9 Å². The molecular formula is C14H16N2S. The van der Waals surface area contributed by atoms with Crippen molar-refractivity contribution in [2.75, 3.05) is 0 Å². The highest BCUT2D eigenvalue weighted by Gasteiger charge is 2.09. The Morgan fingerprint density at radius 2 is 2.12 bits per heavy atom. The summed E-state index contributed by atoms with van der Waals surface area (Å²) in [6, 6.07) is 8.39. The van der Waals surface area contributed by atoms with Gasteiger partial charge in [0.05, 0.1) is 11.0 Å². The normalized spacial score (nSPS) is 11.6. The molecule has 0 bridgehead atoms. The van der Waals surface area contributed by atoms with Crippen molar-refractivity contribution in [2.24, 2.45) is 0 Å². The van der Waals surface area contributed by atoms with Gasteiger partial charge in [-0.15, -0.1) is 11.3 Å². The molecule has 1 aromatic carbocycles. The van der Waals surface area contributed by atoms with Gasteiger partial charge in [0.1, 0.15) is 0 Å². The second-order valence-corrected chi connectivity index (χ2v) is 5.24. The molecule has 3 heteroatoms. The van der Waals surface area contributed by atoms with E-state index in [2.05, 4.69) is 46.0 Å². The predicted molar refractivity (Wildman–Crippen MR) is 73.8 cm³/mol. The Balaban J connectivity index is 2.06. The summed E-state index contributed by atoms with van der Waals surface area (Å²) in [4.78, 5) is 5.77. The molecule has 0 aliphatic heterocycles. The molecule has 2 aromatic heterocycles. The van der Waals surface area contributed by atoms with Crippen LogP contribution in [0.15, 0.2) is 29.6 Å². The van der Waals surface area contributed by atoms with Crippen LogP contribution in [0.3, 0.4) is 0 Å². The summed E-state index contributed by atoms with van der Waals surface area (Å²) in [6.45, 7) is 2.25. The molecule has 0 amide bonds. The Labute approximate surface area is 105 Å². The number of hydrogen-bond acceptors (Lipinski definition) is 2. The van der Waals surface area contributed by atoms with Crippen molar-refractivity contribution < 1.29 is 0 Å². The van der Waals surface area contributed by atoms with Crippen molar-refractivity contribution in [3.05, 3.63) is 35.3 Å². The first-order chi connectivity index (χ1) is 8.40. The quantitative estimate of drug-likeness (QED) is 0.626. The first kappa shape index (κ1) is 10.8. The molecule has 0 aliphatic carbocycles. The first-order valence-electron chi connectivity index (χ1n) is 6.23. The van der Waals surface area contributed by atoms with Crippen LogP contribution in [0, 0.1) is 0 Å². The number of rotatable bonds is 4. The third-order valence-corrected chi connectivity index (χ3v) is 4.03. The molecule has 17 heavy (non-hydrogen) atoms. The van der Waals surface area contributed by atoms with Gasteiger partial charge in [-0.1, -0.05) is 31.9 Å². The van der Waals surface area contributed by atoms with E-state index in [9.17, 15) is 0 Å². The van der Waals surface area contributed by atoms with Crippen LogP contribution >= 0.6 is 11.3 Å². The lowest BCUT2D eigenvalue weighted by Gasteiger charge is -1.99. The average molecular weight is 244 g/mol. The summed E-state index contributed by atoms with van der Waals surface area (Å²) >= 11 is 1.75. The van der Waals surface area contributed by atoms with E-state index < -0.39 is 0 Å². The third kappa shape index (κ3) is 1.84. The lowest BCUT2D eigenvalue weighted by molar-refractivity contribution is 0.706. The van der Waals surface area contributed by atoms with Crippen molar-refractivity contribution in [2.45, 2.75) is 32.6 Å². The van der Waals surface area contributed by atoms with Crippen LogP contribution in [0.25, 0.3) is 16.0 Å². The summed E-state index contributed by atoms with van der Waals surface area (Å²) in [6.07, 6.45) is 5.02. The van der Waals surface area contributed by atoms with Gasteiger partial charge in [0.25, 0.3) is 0 Å². The van der Waals surface area contributed by atoms with Crippen molar-refractivity contribution in [3.8, 4) is 0 Å². The van der Waals surface area contributed by atoms with Gasteiger partial charge in [0.2, 0.25) is 0 Å². The molecule has 0 saturated carbocycles. The number of para-hydroxylation sites is 2. The van der Waals surface area contributed by atoms with Crippen molar-refractivity contribution >= 4 is 27.3 Å². The Morgan fingerprint density at radius 1 is 1.24 bits per heavy atom. The Hall–Kier alpha value is -1.35. The molecule has 0 aliphatic rings. The zero-order chi connectivity index (χ0) is 11.7. The van der Waals surface area contributed by atoms with Crippen LogP contribution in [0.5, 0.6) is 0 Å². The van der Waals surface area contributed by atoms with Crippen LogP contribution < -0.4 is 0 Å². The molecule has 0 fully saturated rings.